The van der Waals surface area contributed by atoms with Crippen LogP contribution in [-0.4, -0.2) is 14.8 Å². The third kappa shape index (κ3) is 3.15. The van der Waals surface area contributed by atoms with Gasteiger partial charge in [-0.25, -0.2) is 0 Å². The van der Waals surface area contributed by atoms with E-state index in [4.69, 9.17) is 0 Å². The monoisotopic (exact) mass is 322 g/mol. The van der Waals surface area contributed by atoms with E-state index < -0.39 is 0 Å². The van der Waals surface area contributed by atoms with Crippen LogP contribution in [0, 0.1) is 13.8 Å². The van der Waals surface area contributed by atoms with Gasteiger partial charge in [-0.3, -0.25) is 9.67 Å². The van der Waals surface area contributed by atoms with Crippen molar-refractivity contribution in [2.45, 2.75) is 40.3 Å². The Balaban J connectivity index is 2.13. The molecule has 2 aromatic heterocycles. The molecule has 0 bridgehead atoms. The summed E-state index contributed by atoms with van der Waals surface area (Å²) >= 11 is 3.39. The predicted molar refractivity (Wildman–Crippen MR) is 81.3 cm³/mol. The van der Waals surface area contributed by atoms with Crippen LogP contribution in [0.4, 0.5) is 5.69 Å². The maximum absolute atomic E-state index is 4.56. The predicted octanol–water partition coefficient (Wildman–Crippen LogP) is 3.85. The van der Waals surface area contributed by atoms with E-state index in [9.17, 15) is 0 Å². The first-order valence-corrected chi connectivity index (χ1v) is 7.18. The fourth-order valence-electron chi connectivity index (χ4n) is 2.11. The van der Waals surface area contributed by atoms with Crippen molar-refractivity contribution in [2.75, 3.05) is 5.32 Å². The van der Waals surface area contributed by atoms with Crippen LogP contribution >= 0.6 is 15.9 Å². The zero-order valence-electron chi connectivity index (χ0n) is 11.7. The lowest BCUT2D eigenvalue weighted by molar-refractivity contribution is 0.516. The topological polar surface area (TPSA) is 42.7 Å². The number of anilines is 1. The van der Waals surface area contributed by atoms with Crippen LogP contribution < -0.4 is 5.32 Å². The number of hydrogen-bond acceptors (Lipinski definition) is 3. The molecule has 0 aromatic carbocycles. The Bertz CT molecular complexity index is 558. The SMILES string of the molecule is Cc1nn(C(C)C)c(C)c1NCc1ccc(Br)cn1. The van der Waals surface area contributed by atoms with E-state index in [0.29, 0.717) is 12.6 Å². The minimum absolute atomic E-state index is 0.375. The lowest BCUT2D eigenvalue weighted by atomic mass is 10.3. The number of hydrogen-bond donors (Lipinski definition) is 1. The maximum atomic E-state index is 4.56. The molecule has 2 rings (SSSR count). The van der Waals surface area contributed by atoms with E-state index in [0.717, 1.165) is 21.5 Å². The summed E-state index contributed by atoms with van der Waals surface area (Å²) in [7, 11) is 0. The van der Waals surface area contributed by atoms with Gasteiger partial charge in [0.25, 0.3) is 0 Å². The largest absolute Gasteiger partial charge is 0.376 e. The fourth-order valence-corrected chi connectivity index (χ4v) is 2.35. The number of rotatable bonds is 4. The van der Waals surface area contributed by atoms with Gasteiger partial charge in [-0.15, -0.1) is 0 Å². The van der Waals surface area contributed by atoms with E-state index >= 15 is 0 Å². The zero-order chi connectivity index (χ0) is 14.0. The van der Waals surface area contributed by atoms with Crippen molar-refractivity contribution in [1.29, 1.82) is 0 Å². The van der Waals surface area contributed by atoms with Gasteiger partial charge < -0.3 is 5.32 Å². The molecule has 0 radical (unpaired) electrons. The molecule has 1 N–H and O–H groups in total. The van der Waals surface area contributed by atoms with Crippen molar-refractivity contribution in [3.8, 4) is 0 Å². The van der Waals surface area contributed by atoms with Crippen molar-refractivity contribution < 1.29 is 0 Å². The smallest absolute Gasteiger partial charge is 0.0828 e. The molecule has 0 saturated carbocycles. The number of aromatic nitrogens is 3. The summed E-state index contributed by atoms with van der Waals surface area (Å²) < 4.78 is 3.04. The van der Waals surface area contributed by atoms with Gasteiger partial charge in [0.1, 0.15) is 0 Å². The molecule has 0 fully saturated rings. The maximum Gasteiger partial charge on any atom is 0.0828 e. The molecule has 0 atom stereocenters. The molecule has 5 heteroatoms. The molecule has 19 heavy (non-hydrogen) atoms. The van der Waals surface area contributed by atoms with Gasteiger partial charge in [-0.05, 0) is 55.8 Å². The third-order valence-electron chi connectivity index (χ3n) is 3.05. The van der Waals surface area contributed by atoms with Gasteiger partial charge in [-0.1, -0.05) is 0 Å². The quantitative estimate of drug-likeness (QED) is 0.929. The van der Waals surface area contributed by atoms with Crippen LogP contribution in [0.15, 0.2) is 22.8 Å². The highest BCUT2D eigenvalue weighted by atomic mass is 79.9. The van der Waals surface area contributed by atoms with E-state index in [1.807, 2.05) is 29.9 Å². The Kier molecular flexibility index (Phi) is 4.24. The number of nitrogens with zero attached hydrogens (tertiary/aromatic N) is 3. The standard InChI is InChI=1S/C14H19BrN4/c1-9(2)19-11(4)14(10(3)18-19)17-8-13-6-5-12(15)7-16-13/h5-7,9,17H,8H2,1-4H3. The Labute approximate surface area is 122 Å². The first-order valence-electron chi connectivity index (χ1n) is 6.39. The van der Waals surface area contributed by atoms with Crippen molar-refractivity contribution in [1.82, 2.24) is 14.8 Å². The molecule has 2 heterocycles. The first kappa shape index (κ1) is 14.1. The van der Waals surface area contributed by atoms with Crippen LogP contribution in [0.1, 0.15) is 37.0 Å². The first-order chi connectivity index (χ1) is 8.99. The average molecular weight is 323 g/mol. The molecule has 0 aliphatic carbocycles. The molecule has 0 saturated heterocycles. The lowest BCUT2D eigenvalue weighted by Gasteiger charge is -2.10. The van der Waals surface area contributed by atoms with Gasteiger partial charge in [-0.2, -0.15) is 5.10 Å². The normalized spacial score (nSPS) is 11.1. The highest BCUT2D eigenvalue weighted by Gasteiger charge is 2.12. The molecule has 4 nitrogen and oxygen atoms in total. The minimum Gasteiger partial charge on any atom is -0.376 e. The van der Waals surface area contributed by atoms with Crippen molar-refractivity contribution in [3.05, 3.63) is 39.9 Å². The second-order valence-electron chi connectivity index (χ2n) is 4.91. The summed E-state index contributed by atoms with van der Waals surface area (Å²) in [5.74, 6) is 0. The zero-order valence-corrected chi connectivity index (χ0v) is 13.3. The molecule has 0 spiro atoms. The van der Waals surface area contributed by atoms with E-state index in [1.54, 1.807) is 0 Å². The molecule has 0 aliphatic heterocycles. The Morgan fingerprint density at radius 2 is 2.05 bits per heavy atom. The number of aryl methyl sites for hydroxylation is 1. The molecule has 0 unspecified atom stereocenters. The molecule has 102 valence electrons. The van der Waals surface area contributed by atoms with E-state index in [1.165, 1.54) is 5.69 Å². The summed E-state index contributed by atoms with van der Waals surface area (Å²) in [5.41, 5.74) is 4.32. The van der Waals surface area contributed by atoms with Crippen molar-refractivity contribution in [2.24, 2.45) is 0 Å². The molecular formula is C14H19BrN4. The highest BCUT2D eigenvalue weighted by Crippen LogP contribution is 2.22. The average Bonchev–Trinajstić information content (AvgIpc) is 2.65. The van der Waals surface area contributed by atoms with Gasteiger partial charge in [0.05, 0.1) is 29.3 Å². The second kappa shape index (κ2) is 5.74. The second-order valence-corrected chi connectivity index (χ2v) is 5.82. The Morgan fingerprint density at radius 3 is 2.58 bits per heavy atom. The van der Waals surface area contributed by atoms with Gasteiger partial charge in [0.2, 0.25) is 0 Å². The minimum atomic E-state index is 0.375. The number of pyridine rings is 1. The number of nitrogens with one attached hydrogen (secondary N) is 1. The van der Waals surface area contributed by atoms with Crippen LogP contribution in [0.3, 0.4) is 0 Å². The van der Waals surface area contributed by atoms with Crippen LogP contribution in [-0.2, 0) is 6.54 Å². The summed E-state index contributed by atoms with van der Waals surface area (Å²) in [6.45, 7) is 9.11. The summed E-state index contributed by atoms with van der Waals surface area (Å²) in [6.07, 6.45) is 1.81. The molecule has 2 aromatic rings. The van der Waals surface area contributed by atoms with Crippen LogP contribution in [0.5, 0.6) is 0 Å². The molecule has 0 amide bonds. The molecule has 0 aliphatic rings. The number of halogens is 1. The molecular weight excluding hydrogens is 304 g/mol. The van der Waals surface area contributed by atoms with Crippen LogP contribution in [0.25, 0.3) is 0 Å². The van der Waals surface area contributed by atoms with E-state index in [-0.39, 0.29) is 0 Å². The van der Waals surface area contributed by atoms with Crippen molar-refractivity contribution >= 4 is 21.6 Å². The Hall–Kier alpha value is -1.36. The fraction of sp³-hybridized carbons (Fsp3) is 0.429. The lowest BCUT2D eigenvalue weighted by Crippen LogP contribution is -2.06. The van der Waals surface area contributed by atoms with Gasteiger partial charge in [0, 0.05) is 16.7 Å². The van der Waals surface area contributed by atoms with Crippen LogP contribution in [0.2, 0.25) is 0 Å². The third-order valence-corrected chi connectivity index (χ3v) is 3.52. The summed E-state index contributed by atoms with van der Waals surface area (Å²) in [4.78, 5) is 4.36. The Morgan fingerprint density at radius 1 is 1.32 bits per heavy atom. The summed E-state index contributed by atoms with van der Waals surface area (Å²) in [5, 5.41) is 7.99. The van der Waals surface area contributed by atoms with Gasteiger partial charge in [0.15, 0.2) is 0 Å². The highest BCUT2D eigenvalue weighted by molar-refractivity contribution is 9.10. The summed E-state index contributed by atoms with van der Waals surface area (Å²) in [6, 6.07) is 4.38. The van der Waals surface area contributed by atoms with Crippen molar-refractivity contribution in [3.63, 3.8) is 0 Å². The van der Waals surface area contributed by atoms with E-state index in [2.05, 4.69) is 52.1 Å². The van der Waals surface area contributed by atoms with Gasteiger partial charge >= 0.3 is 0 Å².